The molecule has 0 radical (unpaired) electrons. The monoisotopic (exact) mass is 376 g/mol. The highest BCUT2D eigenvalue weighted by molar-refractivity contribution is 9.10. The molecule has 0 bridgehead atoms. The van der Waals surface area contributed by atoms with E-state index >= 15 is 0 Å². The Kier molecular flexibility index (Phi) is 5.13. The second kappa shape index (κ2) is 7.27. The summed E-state index contributed by atoms with van der Waals surface area (Å²) in [5.41, 5.74) is 3.09. The van der Waals surface area contributed by atoms with Crippen LogP contribution >= 0.6 is 15.9 Å². The average molecular weight is 377 g/mol. The minimum Gasteiger partial charge on any atom is -0.317 e. The lowest BCUT2D eigenvalue weighted by atomic mass is 9.97. The zero-order chi connectivity index (χ0) is 16.2. The Balaban J connectivity index is 1.80. The Bertz CT molecular complexity index is 674. The van der Waals surface area contributed by atoms with Gasteiger partial charge in [0.15, 0.2) is 5.82 Å². The maximum atomic E-state index is 12.4. The van der Waals surface area contributed by atoms with Crippen LogP contribution in [0.2, 0.25) is 0 Å². The molecule has 1 fully saturated rings. The highest BCUT2D eigenvalue weighted by atomic mass is 79.9. The molecule has 1 aliphatic rings. The molecule has 0 unspecified atom stereocenters. The van der Waals surface area contributed by atoms with Crippen LogP contribution in [0.25, 0.3) is 11.3 Å². The third-order valence-corrected chi connectivity index (χ3v) is 4.83. The number of carbonyl (C=O) groups excluding carboxylic acids is 1. The number of piperidine rings is 1. The molecule has 2 aromatic rings. The number of halogens is 1. The summed E-state index contributed by atoms with van der Waals surface area (Å²) < 4.78 is 1.04. The van der Waals surface area contributed by atoms with Gasteiger partial charge < -0.3 is 10.6 Å². The molecule has 0 saturated carbocycles. The molecule has 1 aromatic heterocycles. The molecule has 2 heterocycles. The minimum absolute atomic E-state index is 0.0776. The van der Waals surface area contributed by atoms with Crippen molar-refractivity contribution in [2.24, 2.45) is 5.92 Å². The van der Waals surface area contributed by atoms with Crippen molar-refractivity contribution in [3.63, 3.8) is 0 Å². The number of carbonyl (C=O) groups is 1. The van der Waals surface area contributed by atoms with Crippen LogP contribution in [0.15, 0.2) is 28.7 Å². The molecule has 3 N–H and O–H groups in total. The Hall–Kier alpha value is -1.66. The number of amides is 1. The number of H-pyrrole nitrogens is 1. The van der Waals surface area contributed by atoms with E-state index in [0.717, 1.165) is 53.6 Å². The molecular formula is C17H21BrN4O. The number of benzene rings is 1. The van der Waals surface area contributed by atoms with Crippen molar-refractivity contribution in [3.8, 4) is 11.3 Å². The molecule has 6 heteroatoms. The van der Waals surface area contributed by atoms with Crippen LogP contribution in [-0.4, -0.2) is 29.2 Å². The lowest BCUT2D eigenvalue weighted by molar-refractivity contribution is -0.120. The summed E-state index contributed by atoms with van der Waals surface area (Å²) in [4.78, 5) is 12.4. The average Bonchev–Trinajstić information content (AvgIpc) is 2.99. The Morgan fingerprint density at radius 2 is 2.00 bits per heavy atom. The SMILES string of the molecule is CCc1c(NC(=O)C2CCNCC2)n[nH]c1-c1ccc(Br)cc1. The van der Waals surface area contributed by atoms with E-state index in [-0.39, 0.29) is 11.8 Å². The summed E-state index contributed by atoms with van der Waals surface area (Å²) in [6, 6.07) is 8.08. The molecular weight excluding hydrogens is 356 g/mol. The number of anilines is 1. The van der Waals surface area contributed by atoms with Crippen LogP contribution in [0.3, 0.4) is 0 Å². The van der Waals surface area contributed by atoms with Gasteiger partial charge >= 0.3 is 0 Å². The van der Waals surface area contributed by atoms with Gasteiger partial charge in [0.2, 0.25) is 5.91 Å². The van der Waals surface area contributed by atoms with E-state index in [9.17, 15) is 4.79 Å². The van der Waals surface area contributed by atoms with E-state index in [1.54, 1.807) is 0 Å². The van der Waals surface area contributed by atoms with E-state index in [2.05, 4.69) is 43.7 Å². The van der Waals surface area contributed by atoms with Crippen LogP contribution in [0.4, 0.5) is 5.82 Å². The number of rotatable bonds is 4. The quantitative estimate of drug-likeness (QED) is 0.766. The largest absolute Gasteiger partial charge is 0.317 e. The molecule has 1 aliphatic heterocycles. The molecule has 0 aliphatic carbocycles. The summed E-state index contributed by atoms with van der Waals surface area (Å²) in [5.74, 6) is 0.817. The number of nitrogens with zero attached hydrogens (tertiary/aromatic N) is 1. The Morgan fingerprint density at radius 3 is 2.65 bits per heavy atom. The van der Waals surface area contributed by atoms with Crippen LogP contribution in [0, 0.1) is 5.92 Å². The number of aromatic amines is 1. The van der Waals surface area contributed by atoms with E-state index in [1.165, 1.54) is 0 Å². The molecule has 23 heavy (non-hydrogen) atoms. The lowest BCUT2D eigenvalue weighted by Crippen LogP contribution is -2.34. The van der Waals surface area contributed by atoms with Crippen LogP contribution in [0.5, 0.6) is 0 Å². The maximum absolute atomic E-state index is 12.4. The van der Waals surface area contributed by atoms with Gasteiger partial charge in [0.25, 0.3) is 0 Å². The van der Waals surface area contributed by atoms with Gasteiger partial charge in [-0.25, -0.2) is 0 Å². The molecule has 1 aromatic carbocycles. The first-order chi connectivity index (χ1) is 11.2. The minimum atomic E-state index is 0.0776. The fourth-order valence-corrected chi connectivity index (χ4v) is 3.24. The lowest BCUT2D eigenvalue weighted by Gasteiger charge is -2.21. The third kappa shape index (κ3) is 3.64. The zero-order valence-corrected chi connectivity index (χ0v) is 14.7. The second-order valence-electron chi connectivity index (χ2n) is 5.80. The van der Waals surface area contributed by atoms with Gasteiger partial charge in [-0.05, 0) is 50.0 Å². The van der Waals surface area contributed by atoms with Gasteiger partial charge in [0, 0.05) is 16.0 Å². The van der Waals surface area contributed by atoms with Gasteiger partial charge in [0.1, 0.15) is 0 Å². The van der Waals surface area contributed by atoms with Crippen molar-refractivity contribution in [2.45, 2.75) is 26.2 Å². The fraction of sp³-hybridized carbons (Fsp3) is 0.412. The highest BCUT2D eigenvalue weighted by Gasteiger charge is 2.23. The highest BCUT2D eigenvalue weighted by Crippen LogP contribution is 2.29. The van der Waals surface area contributed by atoms with Gasteiger partial charge in [-0.2, -0.15) is 5.10 Å². The zero-order valence-electron chi connectivity index (χ0n) is 13.2. The van der Waals surface area contributed by atoms with Crippen molar-refractivity contribution in [2.75, 3.05) is 18.4 Å². The standard InChI is InChI=1S/C17H21BrN4O/c1-2-14-15(11-3-5-13(18)6-4-11)21-22-16(14)20-17(23)12-7-9-19-10-8-12/h3-6,12,19H,2,7-10H2,1H3,(H2,20,21,22,23). The molecule has 0 atom stereocenters. The summed E-state index contributed by atoms with van der Waals surface area (Å²) in [7, 11) is 0. The van der Waals surface area contributed by atoms with E-state index in [0.29, 0.717) is 5.82 Å². The summed E-state index contributed by atoms with van der Waals surface area (Å²) in [6.45, 7) is 3.89. The van der Waals surface area contributed by atoms with Crippen molar-refractivity contribution in [1.29, 1.82) is 0 Å². The van der Waals surface area contributed by atoms with Crippen molar-refractivity contribution < 1.29 is 4.79 Å². The van der Waals surface area contributed by atoms with Gasteiger partial charge in [-0.3, -0.25) is 9.89 Å². The number of aromatic nitrogens is 2. The van der Waals surface area contributed by atoms with Gasteiger partial charge in [-0.1, -0.05) is 35.0 Å². The molecule has 1 saturated heterocycles. The Labute approximate surface area is 144 Å². The summed E-state index contributed by atoms with van der Waals surface area (Å²) >= 11 is 3.45. The topological polar surface area (TPSA) is 69.8 Å². The molecule has 122 valence electrons. The number of hydrogen-bond donors (Lipinski definition) is 3. The Morgan fingerprint density at radius 1 is 1.30 bits per heavy atom. The van der Waals surface area contributed by atoms with Crippen molar-refractivity contribution >= 4 is 27.7 Å². The predicted octanol–water partition coefficient (Wildman–Crippen LogP) is 3.34. The number of hydrogen-bond acceptors (Lipinski definition) is 3. The first-order valence-electron chi connectivity index (χ1n) is 8.03. The van der Waals surface area contributed by atoms with Gasteiger partial charge in [-0.15, -0.1) is 0 Å². The molecule has 0 spiro atoms. The normalized spacial score (nSPS) is 15.6. The van der Waals surface area contributed by atoms with E-state index < -0.39 is 0 Å². The summed E-state index contributed by atoms with van der Waals surface area (Å²) in [6.07, 6.45) is 2.58. The van der Waals surface area contributed by atoms with Gasteiger partial charge in [0.05, 0.1) is 5.69 Å². The smallest absolute Gasteiger partial charge is 0.228 e. The van der Waals surface area contributed by atoms with Crippen LogP contribution in [0.1, 0.15) is 25.3 Å². The third-order valence-electron chi connectivity index (χ3n) is 4.31. The first-order valence-corrected chi connectivity index (χ1v) is 8.83. The summed E-state index contributed by atoms with van der Waals surface area (Å²) in [5, 5.41) is 13.7. The fourth-order valence-electron chi connectivity index (χ4n) is 2.97. The van der Waals surface area contributed by atoms with E-state index in [4.69, 9.17) is 0 Å². The maximum Gasteiger partial charge on any atom is 0.228 e. The molecule has 5 nitrogen and oxygen atoms in total. The van der Waals surface area contributed by atoms with Crippen LogP contribution < -0.4 is 10.6 Å². The number of nitrogens with one attached hydrogen (secondary N) is 3. The molecule has 1 amide bonds. The van der Waals surface area contributed by atoms with Crippen molar-refractivity contribution in [1.82, 2.24) is 15.5 Å². The first kappa shape index (κ1) is 16.2. The van der Waals surface area contributed by atoms with Crippen molar-refractivity contribution in [3.05, 3.63) is 34.3 Å². The second-order valence-corrected chi connectivity index (χ2v) is 6.72. The predicted molar refractivity (Wildman–Crippen MR) is 95.3 cm³/mol. The van der Waals surface area contributed by atoms with Crippen LogP contribution in [-0.2, 0) is 11.2 Å². The molecule has 3 rings (SSSR count). The van der Waals surface area contributed by atoms with E-state index in [1.807, 2.05) is 24.3 Å².